The van der Waals surface area contributed by atoms with Crippen molar-refractivity contribution in [1.82, 2.24) is 4.98 Å². The molecule has 3 nitrogen and oxygen atoms in total. The minimum absolute atomic E-state index is 0.0862. The van der Waals surface area contributed by atoms with Gasteiger partial charge in [0.1, 0.15) is 5.82 Å². The molecule has 1 rings (SSSR count). The molecule has 0 aliphatic rings. The van der Waals surface area contributed by atoms with Crippen molar-refractivity contribution < 1.29 is 0 Å². The molecule has 0 saturated heterocycles. The fourth-order valence-electron chi connectivity index (χ4n) is 0.872. The van der Waals surface area contributed by atoms with E-state index in [0.717, 1.165) is 12.0 Å². The molecular weight excluding hydrogens is 138 g/mol. The molecular formula is C8H13N3. The second kappa shape index (κ2) is 3.34. The van der Waals surface area contributed by atoms with Gasteiger partial charge in [0.05, 0.1) is 0 Å². The lowest BCUT2D eigenvalue weighted by Crippen LogP contribution is -2.08. The highest BCUT2D eigenvalue weighted by Crippen LogP contribution is 2.12. The Kier molecular flexibility index (Phi) is 2.44. The Hall–Kier alpha value is -1.09. The van der Waals surface area contributed by atoms with Gasteiger partial charge in [-0.25, -0.2) is 4.98 Å². The van der Waals surface area contributed by atoms with Crippen molar-refractivity contribution in [3.8, 4) is 0 Å². The normalized spacial score (nSPS) is 12.9. The number of pyridine rings is 1. The summed E-state index contributed by atoms with van der Waals surface area (Å²) in [6.45, 7) is 2.04. The molecule has 0 fully saturated rings. The third-order valence-corrected chi connectivity index (χ3v) is 1.68. The second-order valence-electron chi connectivity index (χ2n) is 2.53. The summed E-state index contributed by atoms with van der Waals surface area (Å²) < 4.78 is 0. The van der Waals surface area contributed by atoms with Gasteiger partial charge in [0.25, 0.3) is 0 Å². The highest BCUT2D eigenvalue weighted by Gasteiger charge is 2.01. The highest BCUT2D eigenvalue weighted by atomic mass is 14.8. The second-order valence-corrected chi connectivity index (χ2v) is 2.53. The van der Waals surface area contributed by atoms with Gasteiger partial charge in [-0.1, -0.05) is 13.0 Å². The molecule has 4 N–H and O–H groups in total. The summed E-state index contributed by atoms with van der Waals surface area (Å²) in [6, 6.07) is 3.77. The van der Waals surface area contributed by atoms with Crippen molar-refractivity contribution in [3.63, 3.8) is 0 Å². The predicted octanol–water partition coefficient (Wildman–Crippen LogP) is 1.07. The Morgan fingerprint density at radius 3 is 2.73 bits per heavy atom. The summed E-state index contributed by atoms with van der Waals surface area (Å²) in [7, 11) is 0. The number of hydrogen-bond acceptors (Lipinski definition) is 3. The number of aromatic nitrogens is 1. The lowest BCUT2D eigenvalue weighted by molar-refractivity contribution is 0.695. The Morgan fingerprint density at radius 1 is 1.55 bits per heavy atom. The molecule has 11 heavy (non-hydrogen) atoms. The van der Waals surface area contributed by atoms with Crippen molar-refractivity contribution in [2.75, 3.05) is 5.73 Å². The molecule has 1 heterocycles. The van der Waals surface area contributed by atoms with Gasteiger partial charge in [-0.15, -0.1) is 0 Å². The zero-order valence-corrected chi connectivity index (χ0v) is 6.62. The summed E-state index contributed by atoms with van der Waals surface area (Å²) in [5, 5.41) is 0. The van der Waals surface area contributed by atoms with Gasteiger partial charge in [0.15, 0.2) is 0 Å². The van der Waals surface area contributed by atoms with E-state index in [9.17, 15) is 0 Å². The van der Waals surface area contributed by atoms with Crippen LogP contribution in [-0.2, 0) is 0 Å². The summed E-state index contributed by atoms with van der Waals surface area (Å²) in [5.74, 6) is 0.539. The maximum atomic E-state index is 5.76. The Labute approximate surface area is 66.4 Å². The van der Waals surface area contributed by atoms with Gasteiger partial charge < -0.3 is 11.5 Å². The maximum absolute atomic E-state index is 5.76. The average molecular weight is 151 g/mol. The topological polar surface area (TPSA) is 64.9 Å². The fourth-order valence-corrected chi connectivity index (χ4v) is 0.872. The lowest BCUT2D eigenvalue weighted by Gasteiger charge is -2.07. The Bertz CT molecular complexity index is 217. The molecule has 0 aromatic carbocycles. The van der Waals surface area contributed by atoms with Crippen LogP contribution >= 0.6 is 0 Å². The number of hydrogen-bond donors (Lipinski definition) is 2. The number of nitrogen functional groups attached to an aromatic ring is 1. The first-order chi connectivity index (χ1) is 5.24. The van der Waals surface area contributed by atoms with E-state index in [0.29, 0.717) is 5.82 Å². The minimum Gasteiger partial charge on any atom is -0.384 e. The Morgan fingerprint density at radius 2 is 2.27 bits per heavy atom. The van der Waals surface area contributed by atoms with E-state index in [1.165, 1.54) is 0 Å². The zero-order valence-electron chi connectivity index (χ0n) is 6.62. The fraction of sp³-hybridized carbons (Fsp3) is 0.375. The summed E-state index contributed by atoms with van der Waals surface area (Å²) >= 11 is 0. The van der Waals surface area contributed by atoms with Crippen molar-refractivity contribution in [2.45, 2.75) is 19.4 Å². The first kappa shape index (κ1) is 8.01. The molecule has 0 unspecified atom stereocenters. The van der Waals surface area contributed by atoms with E-state index >= 15 is 0 Å². The molecule has 0 saturated carbocycles. The van der Waals surface area contributed by atoms with Crippen LogP contribution in [0.2, 0.25) is 0 Å². The molecule has 1 atom stereocenters. The number of rotatable bonds is 2. The molecule has 0 aliphatic carbocycles. The van der Waals surface area contributed by atoms with E-state index in [1.807, 2.05) is 13.0 Å². The molecule has 0 bridgehead atoms. The average Bonchev–Trinajstić information content (AvgIpc) is 2.05. The van der Waals surface area contributed by atoms with E-state index in [4.69, 9.17) is 11.5 Å². The van der Waals surface area contributed by atoms with Gasteiger partial charge in [-0.05, 0) is 18.1 Å². The van der Waals surface area contributed by atoms with Gasteiger partial charge in [-0.3, -0.25) is 0 Å². The molecule has 0 aliphatic heterocycles. The van der Waals surface area contributed by atoms with Crippen LogP contribution in [0.1, 0.15) is 24.9 Å². The molecule has 1 aromatic rings. The van der Waals surface area contributed by atoms with Gasteiger partial charge in [0, 0.05) is 12.2 Å². The van der Waals surface area contributed by atoms with Crippen molar-refractivity contribution in [2.24, 2.45) is 5.73 Å². The molecule has 0 amide bonds. The van der Waals surface area contributed by atoms with Gasteiger partial charge >= 0.3 is 0 Å². The number of anilines is 1. The lowest BCUT2D eigenvalue weighted by atomic mass is 10.1. The van der Waals surface area contributed by atoms with Gasteiger partial charge in [-0.2, -0.15) is 0 Å². The van der Waals surface area contributed by atoms with Crippen molar-refractivity contribution >= 4 is 5.82 Å². The molecule has 60 valence electrons. The van der Waals surface area contributed by atoms with E-state index in [1.54, 1.807) is 12.3 Å². The first-order valence-corrected chi connectivity index (χ1v) is 3.71. The van der Waals surface area contributed by atoms with Gasteiger partial charge in [0.2, 0.25) is 0 Å². The largest absolute Gasteiger partial charge is 0.384 e. The van der Waals surface area contributed by atoms with Crippen LogP contribution in [0.3, 0.4) is 0 Å². The van der Waals surface area contributed by atoms with E-state index < -0.39 is 0 Å². The standard InChI is InChI=1S/C8H13N3/c1-2-7(9)6-3-4-8(10)11-5-6/h3-5,7H,2,9H2,1H3,(H2,10,11)/t7-/m1/s1. The number of nitrogens with zero attached hydrogens (tertiary/aromatic N) is 1. The SMILES string of the molecule is CC[C@@H](N)c1ccc(N)nc1. The summed E-state index contributed by atoms with van der Waals surface area (Å²) in [4.78, 5) is 3.95. The minimum atomic E-state index is 0.0862. The van der Waals surface area contributed by atoms with Crippen LogP contribution in [0.25, 0.3) is 0 Å². The van der Waals surface area contributed by atoms with Crippen LogP contribution in [-0.4, -0.2) is 4.98 Å². The monoisotopic (exact) mass is 151 g/mol. The molecule has 0 radical (unpaired) electrons. The van der Waals surface area contributed by atoms with Crippen LogP contribution in [0.15, 0.2) is 18.3 Å². The molecule has 0 spiro atoms. The third-order valence-electron chi connectivity index (χ3n) is 1.68. The molecule has 1 aromatic heterocycles. The van der Waals surface area contributed by atoms with Crippen molar-refractivity contribution in [3.05, 3.63) is 23.9 Å². The predicted molar refractivity (Wildman–Crippen MR) is 45.9 cm³/mol. The van der Waals surface area contributed by atoms with Crippen LogP contribution in [0.5, 0.6) is 0 Å². The highest BCUT2D eigenvalue weighted by molar-refractivity contribution is 5.30. The van der Waals surface area contributed by atoms with E-state index in [-0.39, 0.29) is 6.04 Å². The third kappa shape index (κ3) is 1.91. The summed E-state index contributed by atoms with van der Waals surface area (Å²) in [6.07, 6.45) is 2.65. The maximum Gasteiger partial charge on any atom is 0.123 e. The quantitative estimate of drug-likeness (QED) is 0.664. The van der Waals surface area contributed by atoms with Crippen LogP contribution < -0.4 is 11.5 Å². The zero-order chi connectivity index (χ0) is 8.27. The van der Waals surface area contributed by atoms with Crippen LogP contribution in [0, 0.1) is 0 Å². The smallest absolute Gasteiger partial charge is 0.123 e. The summed E-state index contributed by atoms with van der Waals surface area (Å²) in [5.41, 5.74) is 12.2. The van der Waals surface area contributed by atoms with Crippen molar-refractivity contribution in [1.29, 1.82) is 0 Å². The van der Waals surface area contributed by atoms with Crippen LogP contribution in [0.4, 0.5) is 5.82 Å². The number of nitrogens with two attached hydrogens (primary N) is 2. The first-order valence-electron chi connectivity index (χ1n) is 3.71. The van der Waals surface area contributed by atoms with E-state index in [2.05, 4.69) is 4.98 Å². The molecule has 3 heteroatoms. The Balaban J connectivity index is 2.81.